The van der Waals surface area contributed by atoms with Crippen LogP contribution in [-0.4, -0.2) is 36.3 Å². The van der Waals surface area contributed by atoms with Crippen LogP contribution in [0.15, 0.2) is 0 Å². The van der Waals surface area contributed by atoms with E-state index in [4.69, 9.17) is 4.18 Å². The molecule has 0 aromatic heterocycles. The van der Waals surface area contributed by atoms with Gasteiger partial charge in [-0.25, -0.2) is 4.39 Å². The third-order valence-corrected chi connectivity index (χ3v) is 3.22. The second-order valence-electron chi connectivity index (χ2n) is 3.85. The van der Waals surface area contributed by atoms with Gasteiger partial charge in [-0.2, -0.15) is 0 Å². The van der Waals surface area contributed by atoms with Crippen LogP contribution in [0.1, 0.15) is 19.3 Å². The predicted molar refractivity (Wildman–Crippen MR) is 48.0 cm³/mol. The highest BCUT2D eigenvalue weighted by atomic mass is 32.1. The molecule has 2 nitrogen and oxygen atoms in total. The molecule has 0 amide bonds. The van der Waals surface area contributed by atoms with Gasteiger partial charge in [0.2, 0.25) is 0 Å². The minimum absolute atomic E-state index is 0.0127. The Hall–Kier alpha value is 0.200. The maximum absolute atomic E-state index is 13.1. The molecule has 0 aliphatic carbocycles. The first-order chi connectivity index (χ1) is 5.77. The highest BCUT2D eigenvalue weighted by molar-refractivity contribution is 7.75. The van der Waals surface area contributed by atoms with Gasteiger partial charge in [-0.3, -0.25) is 4.90 Å². The maximum atomic E-state index is 13.1. The van der Waals surface area contributed by atoms with Gasteiger partial charge in [-0.05, 0) is 32.3 Å². The summed E-state index contributed by atoms with van der Waals surface area (Å²) in [6, 6.07) is 0. The molecular weight excluding hydrogens is 177 g/mol. The molecule has 2 fully saturated rings. The summed E-state index contributed by atoms with van der Waals surface area (Å²) in [6.07, 6.45) is 2.21. The Labute approximate surface area is 77.7 Å². The van der Waals surface area contributed by atoms with Crippen LogP contribution in [0, 0.1) is 0 Å². The van der Waals surface area contributed by atoms with Crippen molar-refractivity contribution >= 4 is 12.9 Å². The monoisotopic (exact) mass is 191 g/mol. The fourth-order valence-electron chi connectivity index (χ4n) is 2.57. The normalized spacial score (nSPS) is 42.0. The van der Waals surface area contributed by atoms with E-state index in [9.17, 15) is 4.39 Å². The average molecular weight is 191 g/mol. The van der Waals surface area contributed by atoms with Crippen molar-refractivity contribution < 1.29 is 8.57 Å². The molecule has 0 bridgehead atoms. The quantitative estimate of drug-likeness (QED) is 0.523. The van der Waals surface area contributed by atoms with Gasteiger partial charge < -0.3 is 4.18 Å². The summed E-state index contributed by atoms with van der Waals surface area (Å²) >= 11 is 3.75. The summed E-state index contributed by atoms with van der Waals surface area (Å²) in [5, 5.41) is 0. The van der Waals surface area contributed by atoms with Crippen LogP contribution in [0.3, 0.4) is 0 Å². The lowest BCUT2D eigenvalue weighted by molar-refractivity contribution is 0.128. The Kier molecular flexibility index (Phi) is 2.31. The van der Waals surface area contributed by atoms with Crippen LogP contribution in [0.2, 0.25) is 0 Å². The van der Waals surface area contributed by atoms with Crippen molar-refractivity contribution in [2.75, 3.05) is 19.7 Å². The Bertz CT molecular complexity index is 180. The largest absolute Gasteiger partial charge is 0.317 e. The van der Waals surface area contributed by atoms with Gasteiger partial charge in [0.1, 0.15) is 6.17 Å². The van der Waals surface area contributed by atoms with E-state index in [2.05, 4.69) is 17.8 Å². The Morgan fingerprint density at radius 1 is 1.67 bits per heavy atom. The first-order valence-electron chi connectivity index (χ1n) is 4.42. The van der Waals surface area contributed by atoms with Gasteiger partial charge in [0, 0.05) is 18.5 Å². The second kappa shape index (κ2) is 3.16. The summed E-state index contributed by atoms with van der Waals surface area (Å²) in [4.78, 5) is 2.22. The van der Waals surface area contributed by atoms with E-state index in [0.717, 1.165) is 13.0 Å². The molecule has 0 saturated carbocycles. The van der Waals surface area contributed by atoms with E-state index in [1.165, 1.54) is 6.42 Å². The summed E-state index contributed by atoms with van der Waals surface area (Å²) < 4.78 is 18.0. The van der Waals surface area contributed by atoms with Gasteiger partial charge in [0.25, 0.3) is 0 Å². The number of fused-ring (bicyclic) bond motifs is 1. The number of alkyl halides is 1. The smallest absolute Gasteiger partial charge is 0.115 e. The molecule has 4 heteroatoms. The molecule has 2 rings (SSSR count). The molecule has 2 atom stereocenters. The second-order valence-corrected chi connectivity index (χ2v) is 4.11. The van der Waals surface area contributed by atoms with Gasteiger partial charge in [-0.1, -0.05) is 0 Å². The van der Waals surface area contributed by atoms with Crippen molar-refractivity contribution in [2.24, 2.45) is 0 Å². The zero-order chi connectivity index (χ0) is 8.60. The van der Waals surface area contributed by atoms with E-state index >= 15 is 0 Å². The maximum Gasteiger partial charge on any atom is 0.115 e. The van der Waals surface area contributed by atoms with E-state index in [-0.39, 0.29) is 5.54 Å². The molecule has 0 N–H and O–H groups in total. The molecule has 2 heterocycles. The number of hydrogen-bond donors (Lipinski definition) is 1. The van der Waals surface area contributed by atoms with Crippen LogP contribution in [0.5, 0.6) is 0 Å². The molecule has 2 aliphatic rings. The van der Waals surface area contributed by atoms with Crippen molar-refractivity contribution in [1.29, 1.82) is 0 Å². The number of hydrogen-bond acceptors (Lipinski definition) is 3. The van der Waals surface area contributed by atoms with Gasteiger partial charge >= 0.3 is 0 Å². The first kappa shape index (κ1) is 8.78. The highest BCUT2D eigenvalue weighted by Gasteiger charge is 2.48. The fourth-order valence-corrected chi connectivity index (χ4v) is 2.81. The summed E-state index contributed by atoms with van der Waals surface area (Å²) in [7, 11) is 0. The summed E-state index contributed by atoms with van der Waals surface area (Å²) in [5.74, 6) is 0. The molecular formula is C8H14FNOS. The summed E-state index contributed by atoms with van der Waals surface area (Å²) in [5.41, 5.74) is -0.0127. The molecule has 0 radical (unpaired) electrons. The van der Waals surface area contributed by atoms with E-state index in [1.807, 2.05) is 0 Å². The lowest BCUT2D eigenvalue weighted by atomic mass is 9.95. The minimum atomic E-state index is -0.659. The van der Waals surface area contributed by atoms with Crippen molar-refractivity contribution in [1.82, 2.24) is 4.90 Å². The van der Waals surface area contributed by atoms with Crippen molar-refractivity contribution in [2.45, 2.75) is 31.0 Å². The summed E-state index contributed by atoms with van der Waals surface area (Å²) in [6.45, 7) is 2.19. The van der Waals surface area contributed by atoms with Crippen LogP contribution in [-0.2, 0) is 4.18 Å². The molecule has 2 saturated heterocycles. The van der Waals surface area contributed by atoms with Crippen LogP contribution >= 0.6 is 12.9 Å². The molecule has 0 spiro atoms. The zero-order valence-corrected chi connectivity index (χ0v) is 7.90. The molecule has 0 aromatic carbocycles. The Morgan fingerprint density at radius 2 is 2.50 bits per heavy atom. The minimum Gasteiger partial charge on any atom is -0.317 e. The van der Waals surface area contributed by atoms with E-state index < -0.39 is 6.17 Å². The molecule has 12 heavy (non-hydrogen) atoms. The first-order valence-corrected chi connectivity index (χ1v) is 4.79. The van der Waals surface area contributed by atoms with Crippen LogP contribution in [0.25, 0.3) is 0 Å². The molecule has 70 valence electrons. The lowest BCUT2D eigenvalue weighted by Crippen LogP contribution is -2.41. The SMILES string of the molecule is F[C@H]1CN2CCC[C@@]2(COS)C1. The molecule has 0 unspecified atom stereocenters. The average Bonchev–Trinajstić information content (AvgIpc) is 2.44. The number of rotatable bonds is 2. The number of nitrogens with zero attached hydrogens (tertiary/aromatic N) is 1. The zero-order valence-electron chi connectivity index (χ0n) is 7.00. The number of halogens is 1. The van der Waals surface area contributed by atoms with E-state index in [1.54, 1.807) is 0 Å². The standard InChI is InChI=1S/C8H14FNOS/c9-7-4-8(6-11-12)2-1-3-10(8)5-7/h7,12H,1-6H2/t7-,8+/m1/s1. The highest BCUT2D eigenvalue weighted by Crippen LogP contribution is 2.40. The van der Waals surface area contributed by atoms with Crippen LogP contribution < -0.4 is 0 Å². The fraction of sp³-hybridized carbons (Fsp3) is 1.00. The van der Waals surface area contributed by atoms with Crippen molar-refractivity contribution in [3.8, 4) is 0 Å². The number of thiol groups is 1. The van der Waals surface area contributed by atoms with Crippen LogP contribution in [0.4, 0.5) is 4.39 Å². The van der Waals surface area contributed by atoms with Crippen molar-refractivity contribution in [3.05, 3.63) is 0 Å². The molecule has 2 aliphatic heterocycles. The Morgan fingerprint density at radius 3 is 3.25 bits per heavy atom. The topological polar surface area (TPSA) is 12.5 Å². The lowest BCUT2D eigenvalue weighted by Gasteiger charge is -2.29. The Balaban J connectivity index is 2.09. The third kappa shape index (κ3) is 1.26. The third-order valence-electron chi connectivity index (χ3n) is 3.09. The predicted octanol–water partition coefficient (Wildman–Crippen LogP) is 1.42. The van der Waals surface area contributed by atoms with Crippen molar-refractivity contribution in [3.63, 3.8) is 0 Å². The van der Waals surface area contributed by atoms with Gasteiger partial charge in [0.05, 0.1) is 6.61 Å². The van der Waals surface area contributed by atoms with Gasteiger partial charge in [-0.15, -0.1) is 0 Å². The van der Waals surface area contributed by atoms with Gasteiger partial charge in [0.15, 0.2) is 0 Å². The molecule has 0 aromatic rings. The van der Waals surface area contributed by atoms with E-state index in [0.29, 0.717) is 19.6 Å².